The van der Waals surface area contributed by atoms with Gasteiger partial charge in [-0.25, -0.2) is 0 Å². The van der Waals surface area contributed by atoms with Crippen molar-refractivity contribution in [3.63, 3.8) is 0 Å². The van der Waals surface area contributed by atoms with E-state index in [-0.39, 0.29) is 5.91 Å². The van der Waals surface area contributed by atoms with Gasteiger partial charge in [0.1, 0.15) is 5.69 Å². The summed E-state index contributed by atoms with van der Waals surface area (Å²) in [5.74, 6) is 1.85. The molecule has 0 bridgehead atoms. The minimum Gasteiger partial charge on any atom is -0.340 e. The summed E-state index contributed by atoms with van der Waals surface area (Å²) in [7, 11) is 6.41. The van der Waals surface area contributed by atoms with Crippen molar-refractivity contribution in [3.8, 4) is 0 Å². The Morgan fingerprint density at radius 3 is 2.22 bits per heavy atom. The van der Waals surface area contributed by atoms with Crippen molar-refractivity contribution in [1.29, 1.82) is 0 Å². The maximum Gasteiger partial charge on any atom is 0.270 e. The van der Waals surface area contributed by atoms with E-state index in [1.54, 1.807) is 0 Å². The van der Waals surface area contributed by atoms with Gasteiger partial charge in [0, 0.05) is 31.4 Å². The molecule has 0 aliphatic heterocycles. The molecule has 0 N–H and O–H groups in total. The van der Waals surface area contributed by atoms with Gasteiger partial charge >= 0.3 is 0 Å². The highest BCUT2D eigenvalue weighted by Gasteiger charge is 2.44. The fraction of sp³-hybridized carbons (Fsp3) is 0.737. The molecule has 126 valence electrons. The Morgan fingerprint density at radius 1 is 1.04 bits per heavy atom. The van der Waals surface area contributed by atoms with Gasteiger partial charge in [0.05, 0.1) is 0 Å². The van der Waals surface area contributed by atoms with Gasteiger partial charge < -0.3 is 14.4 Å². The third-order valence-electron chi connectivity index (χ3n) is 6.50. The van der Waals surface area contributed by atoms with E-state index in [0.29, 0.717) is 12.1 Å². The highest BCUT2D eigenvalue weighted by molar-refractivity contribution is 5.93. The monoisotopic (exact) mass is 315 g/mol. The highest BCUT2D eigenvalue weighted by Crippen LogP contribution is 2.46. The van der Waals surface area contributed by atoms with Crippen LogP contribution in [0.5, 0.6) is 0 Å². The van der Waals surface area contributed by atoms with Crippen LogP contribution >= 0.6 is 0 Å². The van der Waals surface area contributed by atoms with Crippen LogP contribution in [-0.2, 0) is 0 Å². The Kier molecular flexibility index (Phi) is 3.75. The summed E-state index contributed by atoms with van der Waals surface area (Å²) in [5, 5.41) is 0. The number of hydrogen-bond donors (Lipinski definition) is 0. The third-order valence-corrected chi connectivity index (χ3v) is 6.50. The maximum absolute atomic E-state index is 12.9. The summed E-state index contributed by atoms with van der Waals surface area (Å²) in [6.45, 7) is 0. The number of nitrogens with zero attached hydrogens (tertiary/aromatic N) is 3. The average molecular weight is 315 g/mol. The summed E-state index contributed by atoms with van der Waals surface area (Å²) in [6, 6.07) is 5.77. The number of hydrogen-bond acceptors (Lipinski definition) is 2. The first-order valence-electron chi connectivity index (χ1n) is 9.15. The van der Waals surface area contributed by atoms with Gasteiger partial charge in [0.2, 0.25) is 0 Å². The Morgan fingerprint density at radius 2 is 1.65 bits per heavy atom. The molecule has 3 saturated carbocycles. The van der Waals surface area contributed by atoms with Gasteiger partial charge in [-0.2, -0.15) is 0 Å². The van der Waals surface area contributed by atoms with Crippen molar-refractivity contribution < 1.29 is 4.79 Å². The van der Waals surface area contributed by atoms with Crippen LogP contribution in [0.1, 0.15) is 55.1 Å². The third kappa shape index (κ3) is 2.71. The molecule has 3 aliphatic rings. The van der Waals surface area contributed by atoms with Gasteiger partial charge in [-0.1, -0.05) is 0 Å². The molecular formula is C19H29N3O. The molecule has 4 heteroatoms. The number of carbonyl (C=O) groups is 1. The first kappa shape index (κ1) is 15.3. The molecule has 0 radical (unpaired) electrons. The summed E-state index contributed by atoms with van der Waals surface area (Å²) in [4.78, 5) is 17.4. The molecular weight excluding hydrogens is 286 g/mol. The minimum absolute atomic E-state index is 0.219. The molecule has 2 unspecified atom stereocenters. The normalized spacial score (nSPS) is 33.2. The number of aromatic nitrogens is 1. The van der Waals surface area contributed by atoms with E-state index in [0.717, 1.165) is 23.6 Å². The van der Waals surface area contributed by atoms with E-state index in [1.807, 2.05) is 24.1 Å². The average Bonchev–Trinajstić information content (AvgIpc) is 2.96. The second-order valence-corrected chi connectivity index (χ2v) is 8.18. The zero-order chi connectivity index (χ0) is 16.1. The van der Waals surface area contributed by atoms with Crippen LogP contribution in [0.4, 0.5) is 0 Å². The smallest absolute Gasteiger partial charge is 0.270 e. The molecule has 1 heterocycles. The molecule has 0 spiro atoms. The zero-order valence-electron chi connectivity index (χ0n) is 14.6. The van der Waals surface area contributed by atoms with Crippen molar-refractivity contribution in [2.75, 3.05) is 21.1 Å². The van der Waals surface area contributed by atoms with Crippen LogP contribution < -0.4 is 0 Å². The van der Waals surface area contributed by atoms with Crippen molar-refractivity contribution in [2.45, 2.75) is 56.7 Å². The molecule has 1 amide bonds. The maximum atomic E-state index is 12.9. The fourth-order valence-electron chi connectivity index (χ4n) is 4.88. The van der Waals surface area contributed by atoms with Crippen LogP contribution in [0, 0.1) is 11.8 Å². The van der Waals surface area contributed by atoms with Gasteiger partial charge in [-0.15, -0.1) is 0 Å². The lowest BCUT2D eigenvalue weighted by Crippen LogP contribution is -2.37. The Hall–Kier alpha value is -1.29. The van der Waals surface area contributed by atoms with Crippen molar-refractivity contribution in [1.82, 2.24) is 14.4 Å². The predicted molar refractivity (Wildman–Crippen MR) is 91.5 cm³/mol. The molecule has 3 fully saturated rings. The Labute approximate surface area is 139 Å². The van der Waals surface area contributed by atoms with Gasteiger partial charge in [-0.3, -0.25) is 4.79 Å². The first-order chi connectivity index (χ1) is 11.0. The standard InChI is InChI=1S/C19H29N3O/c1-20(2)16-9-13-11-17(12-14(13)10-16)21(3)19(23)18-5-4-8-22(18)15-6-7-15/h4-5,8,13-17H,6-7,9-12H2,1-3H3/t13-,14+,16?,17?. The fourth-order valence-corrected chi connectivity index (χ4v) is 4.88. The van der Waals surface area contributed by atoms with E-state index >= 15 is 0 Å². The summed E-state index contributed by atoms with van der Waals surface area (Å²) in [6.07, 6.45) is 9.53. The second kappa shape index (κ2) is 5.66. The molecule has 23 heavy (non-hydrogen) atoms. The molecule has 4 rings (SSSR count). The topological polar surface area (TPSA) is 28.5 Å². The van der Waals surface area contributed by atoms with Crippen LogP contribution in [0.25, 0.3) is 0 Å². The molecule has 0 aromatic carbocycles. The van der Waals surface area contributed by atoms with Crippen molar-refractivity contribution in [3.05, 3.63) is 24.0 Å². The van der Waals surface area contributed by atoms with E-state index in [4.69, 9.17) is 0 Å². The van der Waals surface area contributed by atoms with Crippen LogP contribution in [0.3, 0.4) is 0 Å². The van der Waals surface area contributed by atoms with Gasteiger partial charge in [-0.05, 0) is 76.6 Å². The second-order valence-electron chi connectivity index (χ2n) is 8.18. The van der Waals surface area contributed by atoms with E-state index < -0.39 is 0 Å². The Balaban J connectivity index is 1.41. The van der Waals surface area contributed by atoms with Crippen LogP contribution in [0.2, 0.25) is 0 Å². The first-order valence-corrected chi connectivity index (χ1v) is 9.15. The van der Waals surface area contributed by atoms with Crippen molar-refractivity contribution in [2.24, 2.45) is 11.8 Å². The quantitative estimate of drug-likeness (QED) is 0.854. The van der Waals surface area contributed by atoms with Crippen LogP contribution in [-0.4, -0.2) is 53.5 Å². The predicted octanol–water partition coefficient (Wildman–Crippen LogP) is 3.01. The highest BCUT2D eigenvalue weighted by atomic mass is 16.2. The summed E-state index contributed by atoms with van der Waals surface area (Å²) in [5.41, 5.74) is 0.887. The number of amides is 1. The largest absolute Gasteiger partial charge is 0.340 e. The lowest BCUT2D eigenvalue weighted by Gasteiger charge is -2.27. The Bertz CT molecular complexity index is 575. The van der Waals surface area contributed by atoms with Gasteiger partial charge in [0.25, 0.3) is 5.91 Å². The summed E-state index contributed by atoms with van der Waals surface area (Å²) >= 11 is 0. The van der Waals surface area contributed by atoms with Crippen molar-refractivity contribution >= 4 is 5.91 Å². The SMILES string of the molecule is CN(C)C1C[C@@H]2CC(N(C)C(=O)c3cccn3C3CC3)C[C@@H]2C1. The molecule has 0 saturated heterocycles. The van der Waals surface area contributed by atoms with Crippen LogP contribution in [0.15, 0.2) is 18.3 Å². The number of rotatable bonds is 4. The van der Waals surface area contributed by atoms with Gasteiger partial charge in [0.15, 0.2) is 0 Å². The molecule has 3 aliphatic carbocycles. The number of carbonyl (C=O) groups excluding carboxylic acids is 1. The molecule has 1 aromatic heterocycles. The zero-order valence-corrected chi connectivity index (χ0v) is 14.6. The van der Waals surface area contributed by atoms with E-state index in [9.17, 15) is 4.79 Å². The lowest BCUT2D eigenvalue weighted by molar-refractivity contribution is 0.0715. The molecule has 4 atom stereocenters. The van der Waals surface area contributed by atoms with E-state index in [1.165, 1.54) is 38.5 Å². The lowest BCUT2D eigenvalue weighted by atomic mass is 10.0. The van der Waals surface area contributed by atoms with E-state index in [2.05, 4.69) is 29.8 Å². The minimum atomic E-state index is 0.219. The molecule has 1 aromatic rings. The summed E-state index contributed by atoms with van der Waals surface area (Å²) < 4.78 is 2.19. The molecule has 4 nitrogen and oxygen atoms in total. The number of fused-ring (bicyclic) bond motifs is 1.